The number of halogens is 1. The Balaban J connectivity index is 1.98. The van der Waals surface area contributed by atoms with Crippen LogP contribution in [-0.2, 0) is 0 Å². The normalized spacial score (nSPS) is 15.0. The van der Waals surface area contributed by atoms with Crippen molar-refractivity contribution in [2.75, 3.05) is 52.2 Å². The van der Waals surface area contributed by atoms with Gasteiger partial charge in [-0.2, -0.15) is 10.1 Å². The molecule has 1 aliphatic heterocycles. The fraction of sp³-hybridized carbons (Fsp3) is 0.389. The first-order valence-electron chi connectivity index (χ1n) is 8.96. The van der Waals surface area contributed by atoms with Crippen LogP contribution in [0.1, 0.15) is 5.56 Å². The summed E-state index contributed by atoms with van der Waals surface area (Å²) in [5.41, 5.74) is 0.308. The third-order valence-electron chi connectivity index (χ3n) is 4.36. The standard InChI is InChI=1S/C18H22ClN7O3/c1-23(2)22-11-13-10-14(19)4-5-15(13)29-18-16(26(27)28)17(20-12-21-18)25-8-6-24(3)7-9-25/h4-5,10-12H,6-9H2,1-3H3. The lowest BCUT2D eigenvalue weighted by atomic mass is 10.2. The zero-order valence-corrected chi connectivity index (χ0v) is 17.2. The molecule has 0 spiro atoms. The SMILES string of the molecule is CN1CCN(c2ncnc(Oc3ccc(Cl)cc3C=NN(C)C)c2[N+](=O)[O-])CC1. The van der Waals surface area contributed by atoms with Crippen molar-refractivity contribution in [1.82, 2.24) is 19.9 Å². The fourth-order valence-corrected chi connectivity index (χ4v) is 3.01. The Bertz CT molecular complexity index is 914. The van der Waals surface area contributed by atoms with E-state index in [1.165, 1.54) is 6.33 Å². The molecule has 0 aliphatic carbocycles. The molecule has 0 saturated carbocycles. The van der Waals surface area contributed by atoms with E-state index in [0.717, 1.165) is 13.1 Å². The van der Waals surface area contributed by atoms with E-state index >= 15 is 0 Å². The smallest absolute Gasteiger partial charge is 0.373 e. The molecule has 0 atom stereocenters. The van der Waals surface area contributed by atoms with Crippen LogP contribution >= 0.6 is 11.6 Å². The van der Waals surface area contributed by atoms with Crippen LogP contribution in [0.3, 0.4) is 0 Å². The molecule has 11 heteroatoms. The molecule has 10 nitrogen and oxygen atoms in total. The fourth-order valence-electron chi connectivity index (χ4n) is 2.83. The highest BCUT2D eigenvalue weighted by atomic mass is 35.5. The number of hydrogen-bond donors (Lipinski definition) is 0. The number of rotatable bonds is 6. The third kappa shape index (κ3) is 5.09. The monoisotopic (exact) mass is 419 g/mol. The maximum atomic E-state index is 11.8. The van der Waals surface area contributed by atoms with E-state index < -0.39 is 4.92 Å². The number of nitro groups is 1. The minimum Gasteiger partial charge on any atom is -0.433 e. The summed E-state index contributed by atoms with van der Waals surface area (Å²) in [6, 6.07) is 4.93. The first-order chi connectivity index (χ1) is 13.8. The van der Waals surface area contributed by atoms with Crippen LogP contribution in [0.4, 0.5) is 11.5 Å². The van der Waals surface area contributed by atoms with Crippen molar-refractivity contribution in [1.29, 1.82) is 0 Å². The van der Waals surface area contributed by atoms with Crippen LogP contribution in [0, 0.1) is 10.1 Å². The van der Waals surface area contributed by atoms with Crippen molar-refractivity contribution >= 4 is 29.3 Å². The summed E-state index contributed by atoms with van der Waals surface area (Å²) >= 11 is 6.08. The van der Waals surface area contributed by atoms with Gasteiger partial charge in [-0.3, -0.25) is 10.1 Å². The molecule has 1 aromatic carbocycles. The van der Waals surface area contributed by atoms with Crippen molar-refractivity contribution in [2.45, 2.75) is 0 Å². The molecular weight excluding hydrogens is 398 g/mol. The van der Waals surface area contributed by atoms with Crippen LogP contribution in [0.15, 0.2) is 29.6 Å². The number of piperazine rings is 1. The van der Waals surface area contributed by atoms with Gasteiger partial charge in [0.1, 0.15) is 12.1 Å². The third-order valence-corrected chi connectivity index (χ3v) is 4.60. The van der Waals surface area contributed by atoms with E-state index in [2.05, 4.69) is 20.0 Å². The summed E-state index contributed by atoms with van der Waals surface area (Å²) in [5.74, 6) is 0.484. The predicted octanol–water partition coefficient (Wildman–Crippen LogP) is 2.48. The number of aromatic nitrogens is 2. The largest absolute Gasteiger partial charge is 0.433 e. The zero-order valence-electron chi connectivity index (χ0n) is 16.4. The molecule has 0 unspecified atom stereocenters. The Morgan fingerprint density at radius 1 is 1.28 bits per heavy atom. The van der Waals surface area contributed by atoms with Crippen LogP contribution in [-0.4, -0.2) is 78.3 Å². The molecule has 29 heavy (non-hydrogen) atoms. The Morgan fingerprint density at radius 2 is 2.00 bits per heavy atom. The lowest BCUT2D eigenvalue weighted by Gasteiger charge is -2.32. The number of anilines is 1. The van der Waals surface area contributed by atoms with Crippen molar-refractivity contribution in [3.05, 3.63) is 45.2 Å². The van der Waals surface area contributed by atoms with E-state index in [1.54, 1.807) is 43.5 Å². The molecule has 1 fully saturated rings. The number of nitrogens with zero attached hydrogens (tertiary/aromatic N) is 7. The van der Waals surface area contributed by atoms with Crippen LogP contribution in [0.2, 0.25) is 5.02 Å². The minimum absolute atomic E-state index is 0.124. The average Bonchev–Trinajstić information content (AvgIpc) is 2.68. The summed E-state index contributed by atoms with van der Waals surface area (Å²) in [6.07, 6.45) is 2.84. The molecule has 2 aromatic rings. The van der Waals surface area contributed by atoms with Crippen molar-refractivity contribution in [2.24, 2.45) is 5.10 Å². The van der Waals surface area contributed by atoms with Gasteiger partial charge < -0.3 is 19.5 Å². The Morgan fingerprint density at radius 3 is 2.66 bits per heavy atom. The van der Waals surface area contributed by atoms with Gasteiger partial charge in [-0.1, -0.05) is 11.6 Å². The molecule has 0 amide bonds. The quantitative estimate of drug-likeness (QED) is 0.400. The van der Waals surface area contributed by atoms with Crippen LogP contribution in [0.25, 0.3) is 0 Å². The molecule has 3 rings (SSSR count). The van der Waals surface area contributed by atoms with Crippen molar-refractivity contribution in [3.63, 3.8) is 0 Å². The number of ether oxygens (including phenoxy) is 1. The first kappa shape index (κ1) is 20.7. The molecule has 1 aromatic heterocycles. The maximum Gasteiger partial charge on any atom is 0.373 e. The van der Waals surface area contributed by atoms with Gasteiger partial charge >= 0.3 is 11.6 Å². The van der Waals surface area contributed by atoms with E-state index in [9.17, 15) is 10.1 Å². The topological polar surface area (TPSA) is 100 Å². The van der Waals surface area contributed by atoms with E-state index in [0.29, 0.717) is 29.4 Å². The van der Waals surface area contributed by atoms with E-state index in [-0.39, 0.29) is 17.4 Å². The number of hydrogen-bond acceptors (Lipinski definition) is 9. The highest BCUT2D eigenvalue weighted by Gasteiger charge is 2.30. The van der Waals surface area contributed by atoms with Gasteiger partial charge in [0.15, 0.2) is 0 Å². The Hall–Kier alpha value is -2.98. The highest BCUT2D eigenvalue weighted by molar-refractivity contribution is 6.30. The van der Waals surface area contributed by atoms with Gasteiger partial charge in [-0.15, -0.1) is 0 Å². The molecule has 2 heterocycles. The second-order valence-corrected chi connectivity index (χ2v) is 7.21. The summed E-state index contributed by atoms with van der Waals surface area (Å²) in [4.78, 5) is 23.6. The summed E-state index contributed by atoms with van der Waals surface area (Å²) in [5, 5.41) is 18.1. The van der Waals surface area contributed by atoms with Gasteiger partial charge in [0, 0.05) is 50.9 Å². The second-order valence-electron chi connectivity index (χ2n) is 6.77. The van der Waals surface area contributed by atoms with E-state index in [4.69, 9.17) is 16.3 Å². The van der Waals surface area contributed by atoms with Crippen molar-refractivity contribution < 1.29 is 9.66 Å². The van der Waals surface area contributed by atoms with E-state index in [1.807, 2.05) is 11.9 Å². The van der Waals surface area contributed by atoms with Gasteiger partial charge in [-0.25, -0.2) is 4.98 Å². The second kappa shape index (κ2) is 9.01. The number of hydrazone groups is 1. The molecule has 0 radical (unpaired) electrons. The number of benzene rings is 1. The molecule has 1 saturated heterocycles. The predicted molar refractivity (Wildman–Crippen MR) is 111 cm³/mol. The van der Waals surface area contributed by atoms with Crippen LogP contribution < -0.4 is 9.64 Å². The molecular formula is C18H22ClN7O3. The Labute approximate surface area is 173 Å². The summed E-state index contributed by atoms with van der Waals surface area (Å²) < 4.78 is 5.84. The first-order valence-corrected chi connectivity index (χ1v) is 9.34. The van der Waals surface area contributed by atoms with Gasteiger partial charge in [0.2, 0.25) is 5.82 Å². The minimum atomic E-state index is -0.507. The van der Waals surface area contributed by atoms with Gasteiger partial charge in [0.25, 0.3) is 0 Å². The average molecular weight is 420 g/mol. The van der Waals surface area contributed by atoms with Crippen molar-refractivity contribution in [3.8, 4) is 11.6 Å². The lowest BCUT2D eigenvalue weighted by molar-refractivity contribution is -0.385. The molecule has 1 aliphatic rings. The highest BCUT2D eigenvalue weighted by Crippen LogP contribution is 2.37. The lowest BCUT2D eigenvalue weighted by Crippen LogP contribution is -2.45. The molecule has 0 bridgehead atoms. The zero-order chi connectivity index (χ0) is 21.0. The van der Waals surface area contributed by atoms with Gasteiger partial charge in [-0.05, 0) is 25.2 Å². The summed E-state index contributed by atoms with van der Waals surface area (Å²) in [6.45, 7) is 2.85. The Kier molecular flexibility index (Phi) is 6.45. The molecule has 0 N–H and O–H groups in total. The summed E-state index contributed by atoms with van der Waals surface area (Å²) in [7, 11) is 5.57. The maximum absolute atomic E-state index is 11.8. The van der Waals surface area contributed by atoms with Gasteiger partial charge in [0.05, 0.1) is 11.1 Å². The number of likely N-dealkylation sites (N-methyl/N-ethyl adjacent to an activating group) is 1. The van der Waals surface area contributed by atoms with Crippen LogP contribution in [0.5, 0.6) is 11.6 Å². The molecule has 154 valence electrons.